The third kappa shape index (κ3) is 5.21. The molecule has 3 aromatic rings. The number of anilines is 2. The molecule has 0 bridgehead atoms. The summed E-state index contributed by atoms with van der Waals surface area (Å²) in [5.41, 5.74) is 2.45. The summed E-state index contributed by atoms with van der Waals surface area (Å²) in [5.74, 6) is 1.02. The maximum atomic E-state index is 15.4. The first-order valence-electron chi connectivity index (χ1n) is 13.6. The van der Waals surface area contributed by atoms with E-state index in [1.165, 1.54) is 36.4 Å². The number of nitrogens with zero attached hydrogens (tertiary/aromatic N) is 7. The first-order valence-corrected chi connectivity index (χ1v) is 13.6. The van der Waals surface area contributed by atoms with E-state index in [1.54, 1.807) is 33.2 Å². The van der Waals surface area contributed by atoms with Crippen LogP contribution < -0.4 is 10.6 Å². The molecule has 1 saturated carbocycles. The second kappa shape index (κ2) is 11.3. The number of aryl methyl sites for hydroxylation is 1. The van der Waals surface area contributed by atoms with E-state index in [-0.39, 0.29) is 11.5 Å². The Balaban J connectivity index is 1.36. The molecule has 9 nitrogen and oxygen atoms in total. The van der Waals surface area contributed by atoms with Gasteiger partial charge in [-0.15, -0.1) is 5.10 Å². The van der Waals surface area contributed by atoms with Gasteiger partial charge in [-0.25, -0.2) is 13.3 Å². The highest BCUT2D eigenvalue weighted by Crippen LogP contribution is 2.35. The van der Waals surface area contributed by atoms with E-state index in [0.717, 1.165) is 18.9 Å². The van der Waals surface area contributed by atoms with Crippen LogP contribution in [0, 0.1) is 18.7 Å². The molecule has 0 radical (unpaired) electrons. The van der Waals surface area contributed by atoms with Crippen molar-refractivity contribution in [2.75, 3.05) is 37.8 Å². The molecule has 1 aliphatic heterocycles. The van der Waals surface area contributed by atoms with Crippen LogP contribution in [0.15, 0.2) is 28.6 Å². The Hall–Kier alpha value is -3.21. The monoisotopic (exact) mass is 525 g/mol. The minimum absolute atomic E-state index is 0.258. The fourth-order valence-electron chi connectivity index (χ4n) is 5.71. The highest BCUT2D eigenvalue weighted by Gasteiger charge is 2.34. The molecule has 2 aliphatic rings. The van der Waals surface area contributed by atoms with Crippen molar-refractivity contribution >= 4 is 23.0 Å². The van der Waals surface area contributed by atoms with Crippen LogP contribution in [0.2, 0.25) is 0 Å². The summed E-state index contributed by atoms with van der Waals surface area (Å²) in [4.78, 5) is 11.4. The number of alkyl halides is 1. The second-order valence-electron chi connectivity index (χ2n) is 10.4. The number of azo groups is 1. The molecule has 3 unspecified atom stereocenters. The first kappa shape index (κ1) is 26.4. The predicted molar refractivity (Wildman–Crippen MR) is 145 cm³/mol. The summed E-state index contributed by atoms with van der Waals surface area (Å²) >= 11 is 0. The summed E-state index contributed by atoms with van der Waals surface area (Å²) in [6.45, 7) is 5.25. The van der Waals surface area contributed by atoms with Crippen molar-refractivity contribution in [1.29, 1.82) is 0 Å². The Morgan fingerprint density at radius 2 is 2.03 bits per heavy atom. The van der Waals surface area contributed by atoms with Crippen LogP contribution in [-0.4, -0.2) is 69.9 Å². The fraction of sp³-hybridized carbons (Fsp3) is 0.593. The number of fused-ring (bicyclic) bond motifs is 1. The van der Waals surface area contributed by atoms with Crippen molar-refractivity contribution < 1.29 is 8.78 Å². The Bertz CT molecular complexity index is 1300. The average Bonchev–Trinajstić information content (AvgIpc) is 3.21. The number of rotatable bonds is 9. The third-order valence-electron chi connectivity index (χ3n) is 8.05. The van der Waals surface area contributed by atoms with Gasteiger partial charge in [0, 0.05) is 33.2 Å². The lowest BCUT2D eigenvalue weighted by atomic mass is 9.80. The summed E-state index contributed by atoms with van der Waals surface area (Å²) < 4.78 is 32.0. The molecule has 0 amide bonds. The maximum Gasteiger partial charge on any atom is 0.243 e. The molecule has 3 atom stereocenters. The first-order chi connectivity index (χ1) is 18.4. The number of likely N-dealkylation sites (tertiary alicyclic amines) is 1. The van der Waals surface area contributed by atoms with Gasteiger partial charge in [0.1, 0.15) is 17.4 Å². The van der Waals surface area contributed by atoms with Gasteiger partial charge >= 0.3 is 0 Å². The van der Waals surface area contributed by atoms with Crippen molar-refractivity contribution in [2.45, 2.75) is 70.6 Å². The van der Waals surface area contributed by atoms with E-state index < -0.39 is 18.0 Å². The molecule has 0 aromatic carbocycles. The van der Waals surface area contributed by atoms with E-state index >= 15 is 8.78 Å². The normalized spacial score (nSPS) is 21.6. The average molecular weight is 526 g/mol. The van der Waals surface area contributed by atoms with Crippen LogP contribution in [0.3, 0.4) is 0 Å². The minimum Gasteiger partial charge on any atom is -0.371 e. The summed E-state index contributed by atoms with van der Waals surface area (Å²) in [7, 11) is 3.30. The topological polar surface area (TPSA) is 95.1 Å². The van der Waals surface area contributed by atoms with E-state index in [2.05, 4.69) is 47.8 Å². The standard InChI is InChI=1S/C27H37F2N9/c1-5-18(13-17-7-6-8-17)37-12-11-22(19(28)14-37)33-27-34-26(30-3)25-24(20(29)15-38(25)36-27)23-10-9-21(35-31-4)16(2)32-23/h9-10,15,17-19,22H,5-8,11-14H2,1-4H3,(H2,30,33,34,36). The molecular weight excluding hydrogens is 488 g/mol. The van der Waals surface area contributed by atoms with E-state index in [0.29, 0.717) is 47.4 Å². The van der Waals surface area contributed by atoms with Gasteiger partial charge in [-0.05, 0) is 44.2 Å². The smallest absolute Gasteiger partial charge is 0.243 e. The number of aromatic nitrogens is 4. The molecule has 2 fully saturated rings. The zero-order valence-corrected chi connectivity index (χ0v) is 22.6. The number of pyridine rings is 1. The fourth-order valence-corrected chi connectivity index (χ4v) is 5.71. The Kier molecular flexibility index (Phi) is 7.83. The van der Waals surface area contributed by atoms with Crippen molar-refractivity contribution in [3.8, 4) is 11.3 Å². The SMILES string of the molecule is CCC(CC1CCC1)N1CCC(Nc2nc(NC)c3c(-c4ccc(N=NC)c(C)n4)c(F)cn3n2)C(F)C1. The van der Waals surface area contributed by atoms with Crippen molar-refractivity contribution in [2.24, 2.45) is 16.1 Å². The molecule has 3 aromatic heterocycles. The summed E-state index contributed by atoms with van der Waals surface area (Å²) in [5, 5.41) is 18.6. The number of nitrogens with one attached hydrogen (secondary N) is 2. The summed E-state index contributed by atoms with van der Waals surface area (Å²) in [6.07, 6.45) is 7.11. The van der Waals surface area contributed by atoms with Gasteiger partial charge in [0.25, 0.3) is 0 Å². The Morgan fingerprint density at radius 1 is 1.21 bits per heavy atom. The van der Waals surface area contributed by atoms with Crippen molar-refractivity contribution in [1.82, 2.24) is 24.5 Å². The van der Waals surface area contributed by atoms with Gasteiger partial charge in [0.15, 0.2) is 11.6 Å². The van der Waals surface area contributed by atoms with Crippen LogP contribution in [-0.2, 0) is 0 Å². The van der Waals surface area contributed by atoms with Gasteiger partial charge in [-0.2, -0.15) is 15.2 Å². The molecule has 1 aliphatic carbocycles. The number of hydrogen-bond donors (Lipinski definition) is 2. The lowest BCUT2D eigenvalue weighted by Gasteiger charge is -2.41. The minimum atomic E-state index is -1.04. The zero-order chi connectivity index (χ0) is 26.8. The van der Waals surface area contributed by atoms with E-state index in [1.807, 2.05) is 0 Å². The largest absolute Gasteiger partial charge is 0.371 e. The summed E-state index contributed by atoms with van der Waals surface area (Å²) in [6, 6.07) is 3.50. The lowest BCUT2D eigenvalue weighted by Crippen LogP contribution is -2.52. The molecule has 2 N–H and O–H groups in total. The molecule has 38 heavy (non-hydrogen) atoms. The molecule has 1 saturated heterocycles. The van der Waals surface area contributed by atoms with Crippen LogP contribution in [0.4, 0.5) is 26.2 Å². The quantitative estimate of drug-likeness (QED) is 0.344. The number of hydrogen-bond acceptors (Lipinski definition) is 8. The van der Waals surface area contributed by atoms with Crippen LogP contribution in [0.25, 0.3) is 16.8 Å². The van der Waals surface area contributed by atoms with Crippen molar-refractivity contribution in [3.05, 3.63) is 29.8 Å². The Morgan fingerprint density at radius 3 is 2.66 bits per heavy atom. The third-order valence-corrected chi connectivity index (χ3v) is 8.05. The lowest BCUT2D eigenvalue weighted by molar-refractivity contribution is 0.0678. The van der Waals surface area contributed by atoms with Gasteiger partial charge in [0.05, 0.1) is 29.2 Å². The zero-order valence-electron chi connectivity index (χ0n) is 22.6. The van der Waals surface area contributed by atoms with Gasteiger partial charge in [0.2, 0.25) is 5.95 Å². The molecule has 5 rings (SSSR count). The number of halogens is 2. The maximum absolute atomic E-state index is 15.4. The molecule has 0 spiro atoms. The molecule has 4 heterocycles. The van der Waals surface area contributed by atoms with Gasteiger partial charge in [-0.1, -0.05) is 26.2 Å². The highest BCUT2D eigenvalue weighted by atomic mass is 19.1. The van der Waals surface area contributed by atoms with E-state index in [4.69, 9.17) is 0 Å². The van der Waals surface area contributed by atoms with Crippen LogP contribution in [0.1, 0.15) is 51.1 Å². The Labute approximate surface area is 222 Å². The van der Waals surface area contributed by atoms with Crippen LogP contribution >= 0.6 is 0 Å². The van der Waals surface area contributed by atoms with Crippen LogP contribution in [0.5, 0.6) is 0 Å². The van der Waals surface area contributed by atoms with Gasteiger partial charge < -0.3 is 10.6 Å². The van der Waals surface area contributed by atoms with Gasteiger partial charge in [-0.3, -0.25) is 9.88 Å². The second-order valence-corrected chi connectivity index (χ2v) is 10.4. The predicted octanol–water partition coefficient (Wildman–Crippen LogP) is 5.79. The molecule has 11 heteroatoms. The van der Waals surface area contributed by atoms with Crippen molar-refractivity contribution in [3.63, 3.8) is 0 Å². The molecule has 204 valence electrons. The number of piperidine rings is 1. The highest BCUT2D eigenvalue weighted by molar-refractivity contribution is 5.88. The molecular formula is C27H37F2N9. The van der Waals surface area contributed by atoms with E-state index in [9.17, 15) is 0 Å².